The molecule has 7 N–H and O–H groups in total. The third kappa shape index (κ3) is 4.04. The van der Waals surface area contributed by atoms with E-state index < -0.39 is 18.0 Å². The van der Waals surface area contributed by atoms with Crippen LogP contribution in [0.5, 0.6) is 34.5 Å². The summed E-state index contributed by atoms with van der Waals surface area (Å²) in [6.45, 7) is 0. The summed E-state index contributed by atoms with van der Waals surface area (Å²) in [4.78, 5) is 10.5. The van der Waals surface area contributed by atoms with Gasteiger partial charge in [0.05, 0.1) is 23.6 Å². The molecule has 7 rings (SSSR count). The fraction of sp³-hybridized carbons (Fsp3) is 0.0938. The van der Waals surface area contributed by atoms with E-state index in [0.717, 1.165) is 6.07 Å². The molecule has 2 unspecified atom stereocenters. The minimum Gasteiger partial charge on any atom is -0.508 e. The zero-order valence-corrected chi connectivity index (χ0v) is 21.6. The van der Waals surface area contributed by atoms with E-state index >= 15 is 0 Å². The predicted octanol–water partition coefficient (Wildman–Crippen LogP) is 5.08. The first-order chi connectivity index (χ1) is 20.2. The molecule has 0 radical (unpaired) electrons. The van der Waals surface area contributed by atoms with Crippen LogP contribution >= 0.6 is 0 Å². The normalized spacial score (nSPS) is 16.4. The average Bonchev–Trinajstić information content (AvgIpc) is 2.94. The fourth-order valence-corrected chi connectivity index (χ4v) is 5.44. The molecule has 10 nitrogen and oxygen atoms in total. The first-order valence-corrected chi connectivity index (χ1v) is 12.9. The van der Waals surface area contributed by atoms with Crippen molar-refractivity contribution in [3.63, 3.8) is 0 Å². The minimum atomic E-state index is -1.13. The molecule has 42 heavy (non-hydrogen) atoms. The second-order valence-electron chi connectivity index (χ2n) is 10.2. The summed E-state index contributed by atoms with van der Waals surface area (Å²) >= 11 is 0. The van der Waals surface area contributed by atoms with Crippen LogP contribution in [0, 0.1) is 0 Å². The molecule has 0 spiro atoms. The van der Waals surface area contributed by atoms with Crippen molar-refractivity contribution < 1.29 is 49.0 Å². The maximum absolute atomic E-state index is 11.1. The zero-order valence-electron chi connectivity index (χ0n) is 21.6. The van der Waals surface area contributed by atoms with Gasteiger partial charge in [-0.25, -0.2) is 0 Å². The molecule has 10 heteroatoms. The van der Waals surface area contributed by atoms with Gasteiger partial charge in [0.2, 0.25) is 0 Å². The lowest BCUT2D eigenvalue weighted by atomic mass is 9.91. The molecule has 1 aliphatic rings. The van der Waals surface area contributed by atoms with E-state index in [9.17, 15) is 35.4 Å². The Balaban J connectivity index is 1.45. The number of hydrogen-bond acceptors (Lipinski definition) is 9. The number of hydrogen-bond donors (Lipinski definition) is 6. The minimum absolute atomic E-state index is 0.0507. The second kappa shape index (κ2) is 9.22. The maximum Gasteiger partial charge on any atom is 0.347 e. The first kappa shape index (κ1) is 25.4. The molecular weight excluding hydrogens is 544 g/mol. The lowest BCUT2D eigenvalue weighted by Crippen LogP contribution is -2.30. The molecule has 4 aromatic carbocycles. The van der Waals surface area contributed by atoms with Gasteiger partial charge >= 0.3 is 5.43 Å². The highest BCUT2D eigenvalue weighted by molar-refractivity contribution is 6.07. The van der Waals surface area contributed by atoms with E-state index in [-0.39, 0.29) is 63.1 Å². The highest BCUT2D eigenvalue weighted by Crippen LogP contribution is 2.51. The largest absolute Gasteiger partial charge is 0.508 e. The van der Waals surface area contributed by atoms with E-state index in [4.69, 9.17) is 13.6 Å². The Labute approximate surface area is 236 Å². The summed E-state index contributed by atoms with van der Waals surface area (Å²) in [5, 5.41) is 63.3. The van der Waals surface area contributed by atoms with Gasteiger partial charge in [0.25, 0.3) is 0 Å². The SMILES string of the molecule is Oc1ccc(-c2cc3cc(-c4c(O)cc(O)c5c4OC(c4ccc(O)c(O)c4)C(O)C5)oc4cc(=[OH+])cc(o2)c34)cc1. The van der Waals surface area contributed by atoms with Crippen LogP contribution < -0.4 is 10.2 Å². The van der Waals surface area contributed by atoms with Gasteiger partial charge in [-0.2, -0.15) is 0 Å². The van der Waals surface area contributed by atoms with E-state index in [0.29, 0.717) is 33.2 Å². The number of aliphatic hydroxyl groups is 1. The summed E-state index contributed by atoms with van der Waals surface area (Å²) < 4.78 is 18.4. The lowest BCUT2D eigenvalue weighted by molar-refractivity contribution is 0.0200. The molecule has 0 bridgehead atoms. The van der Waals surface area contributed by atoms with Crippen molar-refractivity contribution in [2.75, 3.05) is 0 Å². The second-order valence-corrected chi connectivity index (χ2v) is 10.2. The van der Waals surface area contributed by atoms with Gasteiger partial charge < -0.3 is 44.2 Å². The quantitative estimate of drug-likeness (QED) is 0.126. The highest BCUT2D eigenvalue weighted by atomic mass is 16.5. The van der Waals surface area contributed by atoms with Crippen molar-refractivity contribution >= 4 is 21.9 Å². The smallest absolute Gasteiger partial charge is 0.347 e. The number of phenolic OH excluding ortho intramolecular Hbond substituents is 5. The van der Waals surface area contributed by atoms with Crippen molar-refractivity contribution in [1.29, 1.82) is 0 Å². The molecular formula is C32H23O10+. The molecule has 2 aromatic heterocycles. The van der Waals surface area contributed by atoms with Gasteiger partial charge in [-0.15, -0.1) is 0 Å². The maximum atomic E-state index is 11.1. The standard InChI is InChI=1S/C32H22O10/c33-17-4-1-14(2-5-17)25-8-16-9-26(41-28-11-18(34)10-27(40-25)29(16)28)30-23(38)13-21(36)19-12-24(39)31(42-32(19)30)15-3-6-20(35)22(37)7-15/h1-11,13,24,31,33,35-39H,12H2/p+1. The molecule has 6 aromatic rings. The van der Waals surface area contributed by atoms with Gasteiger partial charge in [0.15, 0.2) is 11.5 Å². The molecule has 0 aliphatic carbocycles. The Morgan fingerprint density at radius 1 is 0.690 bits per heavy atom. The Kier molecular flexibility index (Phi) is 5.57. The van der Waals surface area contributed by atoms with Crippen LogP contribution in [0.15, 0.2) is 81.6 Å². The molecule has 0 amide bonds. The van der Waals surface area contributed by atoms with Crippen LogP contribution in [0.4, 0.5) is 0 Å². The fourth-order valence-electron chi connectivity index (χ4n) is 5.44. The van der Waals surface area contributed by atoms with Crippen molar-refractivity contribution in [1.82, 2.24) is 0 Å². The van der Waals surface area contributed by atoms with E-state index in [2.05, 4.69) is 0 Å². The molecule has 210 valence electrons. The monoisotopic (exact) mass is 567 g/mol. The van der Waals surface area contributed by atoms with Gasteiger partial charge in [-0.3, -0.25) is 4.79 Å². The summed E-state index contributed by atoms with van der Waals surface area (Å²) in [5.41, 5.74) is 1.81. The Hall–Kier alpha value is -5.61. The Morgan fingerprint density at radius 3 is 2.10 bits per heavy atom. The number of aliphatic hydroxyl groups excluding tert-OH is 1. The molecule has 1 aliphatic heterocycles. The number of benzene rings is 4. The Morgan fingerprint density at radius 2 is 1.38 bits per heavy atom. The van der Waals surface area contributed by atoms with Crippen LogP contribution in [0.1, 0.15) is 17.2 Å². The zero-order chi connectivity index (χ0) is 29.3. The van der Waals surface area contributed by atoms with Gasteiger partial charge in [0, 0.05) is 23.6 Å². The lowest BCUT2D eigenvalue weighted by Gasteiger charge is -2.32. The van der Waals surface area contributed by atoms with Crippen molar-refractivity contribution in [2.24, 2.45) is 0 Å². The molecule has 3 heterocycles. The van der Waals surface area contributed by atoms with Crippen LogP contribution in [-0.4, -0.2) is 41.5 Å². The van der Waals surface area contributed by atoms with Gasteiger partial charge in [-0.05, 0) is 59.5 Å². The number of phenols is 5. The van der Waals surface area contributed by atoms with Crippen molar-refractivity contribution in [3.05, 3.63) is 89.4 Å². The number of aromatic hydroxyl groups is 5. The summed E-state index contributed by atoms with van der Waals surface area (Å²) in [6.07, 6.45) is -2.20. The van der Waals surface area contributed by atoms with Crippen LogP contribution in [0.25, 0.3) is 44.6 Å². The summed E-state index contributed by atoms with van der Waals surface area (Å²) in [6, 6.07) is 17.9. The third-order valence-electron chi connectivity index (χ3n) is 7.43. The number of rotatable bonds is 3. The number of ether oxygens (including phenoxy) is 1. The highest BCUT2D eigenvalue weighted by Gasteiger charge is 2.36. The molecule has 0 saturated heterocycles. The topological polar surface area (TPSA) is 178 Å². The van der Waals surface area contributed by atoms with E-state index in [1.165, 1.54) is 42.5 Å². The predicted molar refractivity (Wildman–Crippen MR) is 150 cm³/mol. The summed E-state index contributed by atoms with van der Waals surface area (Å²) in [5.74, 6) is -0.662. The molecule has 0 saturated carbocycles. The van der Waals surface area contributed by atoms with Gasteiger partial charge in [-0.1, -0.05) is 6.07 Å². The van der Waals surface area contributed by atoms with Crippen LogP contribution in [0.2, 0.25) is 0 Å². The average molecular weight is 568 g/mol. The van der Waals surface area contributed by atoms with E-state index in [1.54, 1.807) is 24.3 Å². The van der Waals surface area contributed by atoms with E-state index in [1.807, 2.05) is 0 Å². The van der Waals surface area contributed by atoms with Gasteiger partial charge in [0.1, 0.15) is 57.4 Å². The van der Waals surface area contributed by atoms with Crippen molar-refractivity contribution in [3.8, 4) is 57.1 Å². The molecule has 0 fully saturated rings. The number of fused-ring (bicyclic) bond motifs is 1. The third-order valence-corrected chi connectivity index (χ3v) is 7.43. The first-order valence-electron chi connectivity index (χ1n) is 12.9. The van der Waals surface area contributed by atoms with Crippen LogP contribution in [-0.2, 0) is 6.42 Å². The Bertz CT molecular complexity index is 2090. The molecule has 2 atom stereocenters. The summed E-state index contributed by atoms with van der Waals surface area (Å²) in [7, 11) is 0. The van der Waals surface area contributed by atoms with Crippen LogP contribution in [0.3, 0.4) is 0 Å². The van der Waals surface area contributed by atoms with Crippen molar-refractivity contribution in [2.45, 2.75) is 18.6 Å².